The van der Waals surface area contributed by atoms with E-state index >= 15 is 0 Å². The molecule has 1 aliphatic rings. The fourth-order valence-corrected chi connectivity index (χ4v) is 3.81. The summed E-state index contributed by atoms with van der Waals surface area (Å²) in [5, 5.41) is 5.94. The van der Waals surface area contributed by atoms with Crippen LogP contribution in [0, 0.1) is 0 Å². The predicted molar refractivity (Wildman–Crippen MR) is 89.4 cm³/mol. The molecule has 3 nitrogen and oxygen atoms in total. The normalized spacial score (nSPS) is 13.3. The highest BCUT2D eigenvalue weighted by molar-refractivity contribution is 7.98. The molecule has 110 valence electrons. The summed E-state index contributed by atoms with van der Waals surface area (Å²) in [5.74, 6) is 0.888. The van der Waals surface area contributed by atoms with Crippen LogP contribution >= 0.6 is 11.8 Å². The Morgan fingerprint density at radius 2 is 1.86 bits per heavy atom. The highest BCUT2D eigenvalue weighted by Gasteiger charge is 2.22. The van der Waals surface area contributed by atoms with Crippen LogP contribution < -0.4 is 0 Å². The van der Waals surface area contributed by atoms with Crippen LogP contribution in [-0.4, -0.2) is 14.8 Å². The van der Waals surface area contributed by atoms with E-state index in [-0.39, 0.29) is 0 Å². The molecule has 4 heteroatoms. The van der Waals surface area contributed by atoms with E-state index in [2.05, 4.69) is 40.0 Å². The van der Waals surface area contributed by atoms with Gasteiger partial charge in [-0.05, 0) is 49.1 Å². The zero-order valence-corrected chi connectivity index (χ0v) is 13.1. The topological polar surface area (TPSA) is 30.7 Å². The van der Waals surface area contributed by atoms with E-state index < -0.39 is 0 Å². The number of nitrogens with zero attached hydrogens (tertiary/aromatic N) is 3. The molecule has 0 unspecified atom stereocenters. The molecule has 1 aromatic carbocycles. The second kappa shape index (κ2) is 5.97. The number of hydrogen-bond acceptors (Lipinski definition) is 3. The van der Waals surface area contributed by atoms with Gasteiger partial charge in [0.25, 0.3) is 0 Å². The van der Waals surface area contributed by atoms with Gasteiger partial charge in [-0.2, -0.15) is 5.10 Å². The highest BCUT2D eigenvalue weighted by Crippen LogP contribution is 2.31. The summed E-state index contributed by atoms with van der Waals surface area (Å²) in [6.07, 6.45) is 5.36. The van der Waals surface area contributed by atoms with Gasteiger partial charge in [-0.3, -0.25) is 0 Å². The second-order valence-corrected chi connectivity index (χ2v) is 6.43. The van der Waals surface area contributed by atoms with E-state index in [0.717, 1.165) is 29.3 Å². The second-order valence-electron chi connectivity index (χ2n) is 5.43. The quantitative estimate of drug-likeness (QED) is 0.681. The van der Waals surface area contributed by atoms with E-state index in [0.29, 0.717) is 0 Å². The largest absolute Gasteiger partial charge is 0.250 e. The summed E-state index contributed by atoms with van der Waals surface area (Å²) in [7, 11) is 0. The van der Waals surface area contributed by atoms with Crippen LogP contribution in [0.4, 0.5) is 0 Å². The maximum Gasteiger partial charge on any atom is 0.0963 e. The molecule has 0 radical (unpaired) electrons. The summed E-state index contributed by atoms with van der Waals surface area (Å²) < 4.78 is 2.14. The van der Waals surface area contributed by atoms with Gasteiger partial charge >= 0.3 is 0 Å². The van der Waals surface area contributed by atoms with Crippen molar-refractivity contribution in [2.75, 3.05) is 0 Å². The Morgan fingerprint density at radius 1 is 1.00 bits per heavy atom. The fourth-order valence-electron chi connectivity index (χ4n) is 2.99. The van der Waals surface area contributed by atoms with Gasteiger partial charge in [-0.25, -0.2) is 9.67 Å². The van der Waals surface area contributed by atoms with Crippen LogP contribution in [0.15, 0.2) is 59.8 Å². The average molecular weight is 307 g/mol. The molecule has 4 rings (SSSR count). The summed E-state index contributed by atoms with van der Waals surface area (Å²) >= 11 is 1.76. The summed E-state index contributed by atoms with van der Waals surface area (Å²) in [4.78, 5) is 4.38. The van der Waals surface area contributed by atoms with Gasteiger partial charge in [0.2, 0.25) is 0 Å². The lowest BCUT2D eigenvalue weighted by molar-refractivity contribution is 0.771. The highest BCUT2D eigenvalue weighted by atomic mass is 32.2. The number of rotatable bonds is 4. The summed E-state index contributed by atoms with van der Waals surface area (Å²) in [6, 6.07) is 16.5. The van der Waals surface area contributed by atoms with E-state index in [9.17, 15) is 0 Å². The van der Waals surface area contributed by atoms with Crippen LogP contribution in [0.25, 0.3) is 5.69 Å². The van der Waals surface area contributed by atoms with Crippen LogP contribution in [-0.2, 0) is 18.6 Å². The molecule has 0 saturated carbocycles. The minimum atomic E-state index is 0.888. The Hall–Kier alpha value is -2.07. The average Bonchev–Trinajstić information content (AvgIpc) is 3.17. The van der Waals surface area contributed by atoms with Crippen LogP contribution in [0.1, 0.15) is 23.4 Å². The van der Waals surface area contributed by atoms with Crippen molar-refractivity contribution < 1.29 is 0 Å². The lowest BCUT2D eigenvalue weighted by Gasteiger charge is -2.04. The summed E-state index contributed by atoms with van der Waals surface area (Å²) in [5.41, 5.74) is 5.22. The first-order chi connectivity index (χ1) is 10.9. The molecular weight excluding hydrogens is 290 g/mol. The number of para-hydroxylation sites is 1. The first-order valence-corrected chi connectivity index (χ1v) is 8.59. The third-order valence-corrected chi connectivity index (χ3v) is 4.96. The monoisotopic (exact) mass is 307 g/mol. The Kier molecular flexibility index (Phi) is 3.69. The number of thioether (sulfide) groups is 1. The Bertz CT molecular complexity index is 766. The molecule has 2 heterocycles. The van der Waals surface area contributed by atoms with Crippen LogP contribution in [0.2, 0.25) is 0 Å². The first kappa shape index (κ1) is 13.6. The van der Waals surface area contributed by atoms with E-state index in [1.807, 2.05) is 24.4 Å². The van der Waals surface area contributed by atoms with Crippen molar-refractivity contribution in [1.82, 2.24) is 14.8 Å². The number of benzene rings is 1. The van der Waals surface area contributed by atoms with E-state index in [1.165, 1.54) is 23.4 Å². The maximum atomic E-state index is 4.89. The summed E-state index contributed by atoms with van der Waals surface area (Å²) in [6.45, 7) is 0. The lowest BCUT2D eigenvalue weighted by Crippen LogP contribution is -2.01. The van der Waals surface area contributed by atoms with Crippen molar-refractivity contribution in [2.24, 2.45) is 0 Å². The van der Waals surface area contributed by atoms with Gasteiger partial charge in [0.1, 0.15) is 0 Å². The Labute approximate surface area is 134 Å². The molecule has 0 atom stereocenters. The third-order valence-electron chi connectivity index (χ3n) is 4.01. The number of fused-ring (bicyclic) bond motifs is 1. The Morgan fingerprint density at radius 3 is 2.68 bits per heavy atom. The van der Waals surface area contributed by atoms with Gasteiger partial charge in [0.05, 0.1) is 16.4 Å². The lowest BCUT2D eigenvalue weighted by atomic mass is 10.2. The van der Waals surface area contributed by atoms with Crippen molar-refractivity contribution in [3.05, 3.63) is 71.7 Å². The minimum absolute atomic E-state index is 0.888. The van der Waals surface area contributed by atoms with Crippen molar-refractivity contribution in [1.29, 1.82) is 0 Å². The van der Waals surface area contributed by atoms with Gasteiger partial charge in [-0.15, -0.1) is 0 Å². The molecule has 0 spiro atoms. The van der Waals surface area contributed by atoms with E-state index in [1.54, 1.807) is 11.8 Å². The molecule has 0 aliphatic heterocycles. The van der Waals surface area contributed by atoms with Crippen molar-refractivity contribution in [2.45, 2.75) is 30.0 Å². The zero-order valence-electron chi connectivity index (χ0n) is 12.3. The molecule has 1 aliphatic carbocycles. The van der Waals surface area contributed by atoms with Gasteiger partial charge in [-0.1, -0.05) is 36.0 Å². The molecule has 2 aromatic heterocycles. The zero-order chi connectivity index (χ0) is 14.8. The molecule has 0 bridgehead atoms. The molecular formula is C18H17N3S. The molecule has 3 aromatic rings. The smallest absolute Gasteiger partial charge is 0.0963 e. The SMILES string of the molecule is c1ccc(-n2nc(CSc3ccccn3)c3c2CCC3)cc1. The van der Waals surface area contributed by atoms with Crippen LogP contribution in [0.5, 0.6) is 0 Å². The molecule has 22 heavy (non-hydrogen) atoms. The number of aromatic nitrogens is 3. The van der Waals surface area contributed by atoms with Crippen LogP contribution in [0.3, 0.4) is 0 Å². The van der Waals surface area contributed by atoms with Crippen molar-refractivity contribution in [3.63, 3.8) is 0 Å². The third kappa shape index (κ3) is 2.55. The molecule has 0 N–H and O–H groups in total. The van der Waals surface area contributed by atoms with Gasteiger partial charge in [0, 0.05) is 17.6 Å². The van der Waals surface area contributed by atoms with Crippen molar-refractivity contribution in [3.8, 4) is 5.69 Å². The molecule has 0 amide bonds. The predicted octanol–water partition coefficient (Wildman–Crippen LogP) is 4.05. The van der Waals surface area contributed by atoms with Crippen molar-refractivity contribution >= 4 is 11.8 Å². The maximum absolute atomic E-state index is 4.89. The molecule has 0 saturated heterocycles. The van der Waals surface area contributed by atoms with Gasteiger partial charge < -0.3 is 0 Å². The minimum Gasteiger partial charge on any atom is -0.250 e. The number of pyridine rings is 1. The van der Waals surface area contributed by atoms with E-state index in [4.69, 9.17) is 5.10 Å². The fraction of sp³-hybridized carbons (Fsp3) is 0.222. The standard InChI is InChI=1S/C18H17N3S/c1-2-7-14(8-3-1)21-17-10-6-9-15(17)16(20-21)13-22-18-11-4-5-12-19-18/h1-5,7-8,11-12H,6,9-10,13H2. The first-order valence-electron chi connectivity index (χ1n) is 7.61. The molecule has 0 fully saturated rings. The van der Waals surface area contributed by atoms with Gasteiger partial charge in [0.15, 0.2) is 0 Å². The Balaban J connectivity index is 1.64. The number of hydrogen-bond donors (Lipinski definition) is 0.